The average Bonchev–Trinajstić information content (AvgIpc) is 2.57. The van der Waals surface area contributed by atoms with Crippen LogP contribution in [-0.4, -0.2) is 24.5 Å². The molecule has 0 fully saturated rings. The van der Waals surface area contributed by atoms with Gasteiger partial charge in [-0.15, -0.1) is 0 Å². The van der Waals surface area contributed by atoms with Gasteiger partial charge in [-0.25, -0.2) is 0 Å². The number of aromatic nitrogens is 1. The minimum absolute atomic E-state index is 0.0398. The summed E-state index contributed by atoms with van der Waals surface area (Å²) in [6, 6.07) is 13.9. The summed E-state index contributed by atoms with van der Waals surface area (Å²) in [5.41, 5.74) is 4.90. The van der Waals surface area contributed by atoms with Crippen LogP contribution < -0.4 is 10.2 Å². The monoisotopic (exact) mass is 397 g/mol. The molecule has 0 radical (unpaired) electrons. The first kappa shape index (κ1) is 17.4. The normalized spacial score (nSPS) is 10.7. The lowest BCUT2D eigenvalue weighted by Gasteiger charge is -2.21. The summed E-state index contributed by atoms with van der Waals surface area (Å²) in [4.78, 5) is 18.9. The minimum Gasteiger partial charge on any atom is -0.365 e. The van der Waals surface area contributed by atoms with Crippen LogP contribution in [0.15, 0.2) is 53.1 Å². The third kappa shape index (κ3) is 3.82. The van der Waals surface area contributed by atoms with Gasteiger partial charge in [0.2, 0.25) is 5.91 Å². The van der Waals surface area contributed by atoms with E-state index in [9.17, 15) is 4.79 Å². The molecule has 4 nitrogen and oxygen atoms in total. The number of hydrogen-bond acceptors (Lipinski definition) is 3. The van der Waals surface area contributed by atoms with Gasteiger partial charge in [0.05, 0.1) is 12.1 Å². The van der Waals surface area contributed by atoms with Gasteiger partial charge < -0.3 is 10.2 Å². The molecule has 3 rings (SSSR count). The number of rotatable bonds is 4. The standard InChI is InChI=1S/C20H20BrN3O/c1-13-5-4-6-14(2)20(13)23-19(25)12-24(3)18-9-10-22-17-11-15(21)7-8-16(17)18/h4-11H,12H2,1-3H3,(H,23,25). The summed E-state index contributed by atoms with van der Waals surface area (Å²) in [7, 11) is 1.92. The van der Waals surface area contributed by atoms with E-state index in [1.54, 1.807) is 6.20 Å². The quantitative estimate of drug-likeness (QED) is 0.694. The van der Waals surface area contributed by atoms with Crippen molar-refractivity contribution in [2.45, 2.75) is 13.8 Å². The Bertz CT molecular complexity index is 919. The van der Waals surface area contributed by atoms with Crippen molar-refractivity contribution >= 4 is 44.1 Å². The maximum Gasteiger partial charge on any atom is 0.243 e. The molecule has 1 heterocycles. The van der Waals surface area contributed by atoms with Crippen molar-refractivity contribution in [1.82, 2.24) is 4.98 Å². The molecule has 128 valence electrons. The second-order valence-electron chi connectivity index (χ2n) is 6.16. The largest absolute Gasteiger partial charge is 0.365 e. The summed E-state index contributed by atoms with van der Waals surface area (Å²) in [6.07, 6.45) is 1.77. The highest BCUT2D eigenvalue weighted by Gasteiger charge is 2.13. The first-order valence-electron chi connectivity index (χ1n) is 8.07. The van der Waals surface area contributed by atoms with Gasteiger partial charge >= 0.3 is 0 Å². The number of carbonyl (C=O) groups excluding carboxylic acids is 1. The Morgan fingerprint density at radius 1 is 1.16 bits per heavy atom. The Morgan fingerprint density at radius 2 is 1.88 bits per heavy atom. The molecule has 0 saturated heterocycles. The van der Waals surface area contributed by atoms with Crippen molar-refractivity contribution in [2.75, 3.05) is 23.8 Å². The molecular weight excluding hydrogens is 378 g/mol. The number of hydrogen-bond donors (Lipinski definition) is 1. The number of benzene rings is 2. The van der Waals surface area contributed by atoms with Crippen LogP contribution >= 0.6 is 15.9 Å². The van der Waals surface area contributed by atoms with E-state index in [1.807, 2.05) is 68.3 Å². The predicted molar refractivity (Wildman–Crippen MR) is 107 cm³/mol. The van der Waals surface area contributed by atoms with Crippen molar-refractivity contribution in [3.63, 3.8) is 0 Å². The van der Waals surface area contributed by atoms with Crippen molar-refractivity contribution in [1.29, 1.82) is 0 Å². The summed E-state index contributed by atoms with van der Waals surface area (Å²) < 4.78 is 0.986. The van der Waals surface area contributed by atoms with Crippen LogP contribution in [0.3, 0.4) is 0 Å². The first-order valence-corrected chi connectivity index (χ1v) is 8.86. The second kappa shape index (κ2) is 7.23. The lowest BCUT2D eigenvalue weighted by molar-refractivity contribution is -0.114. The first-order chi connectivity index (χ1) is 12.0. The van der Waals surface area contributed by atoms with Gasteiger partial charge in [0.25, 0.3) is 0 Å². The summed E-state index contributed by atoms with van der Waals surface area (Å²) in [5, 5.41) is 4.05. The zero-order valence-corrected chi connectivity index (χ0v) is 16.1. The number of likely N-dealkylation sites (N-methyl/N-ethyl adjacent to an activating group) is 1. The van der Waals surface area contributed by atoms with Crippen LogP contribution in [-0.2, 0) is 4.79 Å². The highest BCUT2D eigenvalue weighted by molar-refractivity contribution is 9.10. The lowest BCUT2D eigenvalue weighted by atomic mass is 10.1. The summed E-state index contributed by atoms with van der Waals surface area (Å²) in [5.74, 6) is -0.0398. The van der Waals surface area contributed by atoms with Gasteiger partial charge in [0.1, 0.15) is 0 Å². The summed E-state index contributed by atoms with van der Waals surface area (Å²) in [6.45, 7) is 4.27. The molecule has 1 N–H and O–H groups in total. The Kier molecular flexibility index (Phi) is 5.04. The van der Waals surface area contributed by atoms with Crippen LogP contribution in [0.4, 0.5) is 11.4 Å². The molecule has 0 aliphatic rings. The van der Waals surface area contributed by atoms with E-state index in [1.165, 1.54) is 0 Å². The molecule has 0 aliphatic carbocycles. The van der Waals surface area contributed by atoms with Gasteiger partial charge in [-0.05, 0) is 49.2 Å². The molecule has 1 amide bonds. The zero-order chi connectivity index (χ0) is 18.0. The summed E-state index contributed by atoms with van der Waals surface area (Å²) >= 11 is 3.47. The number of anilines is 2. The third-order valence-corrected chi connectivity index (χ3v) is 4.71. The molecule has 0 saturated carbocycles. The fraction of sp³-hybridized carbons (Fsp3) is 0.200. The number of aryl methyl sites for hydroxylation is 2. The molecule has 0 bridgehead atoms. The minimum atomic E-state index is -0.0398. The second-order valence-corrected chi connectivity index (χ2v) is 7.08. The van der Waals surface area contributed by atoms with Gasteiger partial charge in [-0.1, -0.05) is 34.1 Å². The molecule has 1 aromatic heterocycles. The van der Waals surface area contributed by atoms with Crippen LogP contribution in [0.2, 0.25) is 0 Å². The molecular formula is C20H20BrN3O. The van der Waals surface area contributed by atoms with E-state index in [0.717, 1.165) is 37.9 Å². The number of para-hydroxylation sites is 1. The van der Waals surface area contributed by atoms with E-state index in [2.05, 4.69) is 26.2 Å². The maximum atomic E-state index is 12.5. The van der Waals surface area contributed by atoms with Crippen LogP contribution in [0.25, 0.3) is 10.9 Å². The predicted octanol–water partition coefficient (Wildman–Crippen LogP) is 4.69. The Balaban J connectivity index is 1.80. The van der Waals surface area contributed by atoms with Crippen molar-refractivity contribution in [3.05, 3.63) is 64.3 Å². The third-order valence-electron chi connectivity index (χ3n) is 4.22. The van der Waals surface area contributed by atoms with Crippen LogP contribution in [0, 0.1) is 13.8 Å². The van der Waals surface area contributed by atoms with Crippen molar-refractivity contribution < 1.29 is 4.79 Å². The lowest BCUT2D eigenvalue weighted by Crippen LogP contribution is -2.30. The van der Waals surface area contributed by atoms with Crippen LogP contribution in [0.1, 0.15) is 11.1 Å². The molecule has 25 heavy (non-hydrogen) atoms. The average molecular weight is 398 g/mol. The smallest absolute Gasteiger partial charge is 0.243 e. The Morgan fingerprint density at radius 3 is 2.60 bits per heavy atom. The van der Waals surface area contributed by atoms with Crippen LogP contribution in [0.5, 0.6) is 0 Å². The molecule has 2 aromatic carbocycles. The van der Waals surface area contributed by atoms with E-state index >= 15 is 0 Å². The van der Waals surface area contributed by atoms with Gasteiger partial charge in [0, 0.05) is 34.5 Å². The van der Waals surface area contributed by atoms with E-state index in [4.69, 9.17) is 0 Å². The molecule has 5 heteroatoms. The number of carbonyl (C=O) groups is 1. The number of nitrogens with one attached hydrogen (secondary N) is 1. The van der Waals surface area contributed by atoms with E-state index in [-0.39, 0.29) is 12.5 Å². The topological polar surface area (TPSA) is 45.2 Å². The molecule has 0 unspecified atom stereocenters. The Labute approximate surface area is 156 Å². The zero-order valence-electron chi connectivity index (χ0n) is 14.5. The highest BCUT2D eigenvalue weighted by Crippen LogP contribution is 2.27. The van der Waals surface area contributed by atoms with E-state index in [0.29, 0.717) is 0 Å². The van der Waals surface area contributed by atoms with Crippen molar-refractivity contribution in [3.8, 4) is 0 Å². The van der Waals surface area contributed by atoms with Gasteiger partial charge in [-0.2, -0.15) is 0 Å². The van der Waals surface area contributed by atoms with Gasteiger partial charge in [-0.3, -0.25) is 9.78 Å². The maximum absolute atomic E-state index is 12.5. The molecule has 0 spiro atoms. The van der Waals surface area contributed by atoms with E-state index < -0.39 is 0 Å². The number of nitrogens with zero attached hydrogens (tertiary/aromatic N) is 2. The van der Waals surface area contributed by atoms with Gasteiger partial charge in [0.15, 0.2) is 0 Å². The Hall–Kier alpha value is -2.40. The number of amides is 1. The fourth-order valence-corrected chi connectivity index (χ4v) is 3.28. The molecule has 3 aromatic rings. The highest BCUT2D eigenvalue weighted by atomic mass is 79.9. The van der Waals surface area contributed by atoms with Crippen molar-refractivity contribution in [2.24, 2.45) is 0 Å². The number of pyridine rings is 1. The number of halogens is 1. The molecule has 0 atom stereocenters. The SMILES string of the molecule is Cc1cccc(C)c1NC(=O)CN(C)c1ccnc2cc(Br)ccc12. The fourth-order valence-electron chi connectivity index (χ4n) is 2.93. The molecule has 0 aliphatic heterocycles. The number of fused-ring (bicyclic) bond motifs is 1.